The zero-order valence-electron chi connectivity index (χ0n) is 18.3. The lowest BCUT2D eigenvalue weighted by Crippen LogP contribution is -2.32. The Morgan fingerprint density at radius 3 is 2.44 bits per heavy atom. The van der Waals surface area contributed by atoms with Crippen molar-refractivity contribution in [2.45, 2.75) is 45.8 Å². The first-order chi connectivity index (χ1) is 15.4. The highest BCUT2D eigenvalue weighted by molar-refractivity contribution is 6.21. The topological polar surface area (TPSA) is 94.9 Å². The molecule has 1 unspecified atom stereocenters. The molecular weight excluding hydrogens is 412 g/mol. The molecule has 1 atom stereocenters. The highest BCUT2D eigenvalue weighted by Gasteiger charge is 2.35. The van der Waals surface area contributed by atoms with Crippen molar-refractivity contribution in [2.75, 3.05) is 19.8 Å². The van der Waals surface area contributed by atoms with Gasteiger partial charge in [-0.15, -0.1) is 0 Å². The minimum atomic E-state index is -0.636. The number of benzene rings is 1. The molecule has 8 heteroatoms. The number of aryl methyl sites for hydroxylation is 1. The Labute approximate surface area is 186 Å². The summed E-state index contributed by atoms with van der Waals surface area (Å²) in [7, 11) is 0. The SMILES string of the molecule is Cc1cc(C(=O)COC(=O)CCN2C(=O)c3ccccc3C2=O)c(C)n1CC1CCCO1. The summed E-state index contributed by atoms with van der Waals surface area (Å²) in [5.41, 5.74) is 2.97. The molecule has 0 radical (unpaired) electrons. The Morgan fingerprint density at radius 2 is 1.81 bits per heavy atom. The van der Waals surface area contributed by atoms with Crippen LogP contribution in [0.15, 0.2) is 30.3 Å². The number of hydrogen-bond acceptors (Lipinski definition) is 6. The maximum Gasteiger partial charge on any atom is 0.308 e. The third-order valence-electron chi connectivity index (χ3n) is 6.07. The summed E-state index contributed by atoms with van der Waals surface area (Å²) in [6, 6.07) is 8.35. The van der Waals surface area contributed by atoms with Crippen LogP contribution in [0.1, 0.15) is 61.7 Å². The van der Waals surface area contributed by atoms with Crippen LogP contribution in [0.25, 0.3) is 0 Å². The lowest BCUT2D eigenvalue weighted by molar-refractivity contribution is -0.142. The number of Topliss-reactive ketones (excluding diaryl/α,β-unsaturated/α-hetero) is 1. The number of fused-ring (bicyclic) bond motifs is 1. The van der Waals surface area contributed by atoms with E-state index in [2.05, 4.69) is 4.57 Å². The fourth-order valence-corrected chi connectivity index (χ4v) is 4.30. The molecule has 2 aromatic rings. The van der Waals surface area contributed by atoms with E-state index >= 15 is 0 Å². The van der Waals surface area contributed by atoms with Crippen molar-refractivity contribution in [3.63, 3.8) is 0 Å². The predicted molar refractivity (Wildman–Crippen MR) is 115 cm³/mol. The molecule has 1 saturated heterocycles. The second kappa shape index (κ2) is 9.08. The molecular formula is C24H26N2O6. The van der Waals surface area contributed by atoms with Gasteiger partial charge in [0.2, 0.25) is 5.78 Å². The van der Waals surface area contributed by atoms with E-state index in [1.165, 1.54) is 0 Å². The first-order valence-electron chi connectivity index (χ1n) is 10.8. The average molecular weight is 438 g/mol. The summed E-state index contributed by atoms with van der Waals surface area (Å²) in [6.07, 6.45) is 2.04. The number of carbonyl (C=O) groups is 4. The highest BCUT2D eigenvalue weighted by atomic mass is 16.5. The molecule has 4 rings (SSSR count). The Morgan fingerprint density at radius 1 is 1.12 bits per heavy atom. The van der Waals surface area contributed by atoms with Gasteiger partial charge in [0.25, 0.3) is 11.8 Å². The molecule has 1 aromatic carbocycles. The maximum atomic E-state index is 12.6. The monoisotopic (exact) mass is 438 g/mol. The van der Waals surface area contributed by atoms with Gasteiger partial charge in [-0.1, -0.05) is 12.1 Å². The van der Waals surface area contributed by atoms with Crippen molar-refractivity contribution in [3.05, 3.63) is 58.4 Å². The van der Waals surface area contributed by atoms with Crippen LogP contribution in [0.3, 0.4) is 0 Å². The van der Waals surface area contributed by atoms with Gasteiger partial charge in [-0.3, -0.25) is 24.1 Å². The minimum absolute atomic E-state index is 0.0880. The summed E-state index contributed by atoms with van der Waals surface area (Å²) in [6.45, 7) is 4.81. The number of amides is 2. The molecule has 32 heavy (non-hydrogen) atoms. The molecule has 1 fully saturated rings. The van der Waals surface area contributed by atoms with Gasteiger partial charge in [-0.2, -0.15) is 0 Å². The smallest absolute Gasteiger partial charge is 0.308 e. The van der Waals surface area contributed by atoms with Gasteiger partial charge in [0.15, 0.2) is 6.61 Å². The summed E-state index contributed by atoms with van der Waals surface area (Å²) < 4.78 is 12.9. The number of imide groups is 1. The van der Waals surface area contributed by atoms with Gasteiger partial charge in [-0.25, -0.2) is 0 Å². The number of hydrogen-bond donors (Lipinski definition) is 0. The third kappa shape index (κ3) is 4.23. The molecule has 0 N–H and O–H groups in total. The Hall–Kier alpha value is -3.26. The van der Waals surface area contributed by atoms with Gasteiger partial charge >= 0.3 is 5.97 Å². The number of aromatic nitrogens is 1. The number of carbonyl (C=O) groups excluding carboxylic acids is 4. The van der Waals surface area contributed by atoms with E-state index in [1.807, 2.05) is 13.8 Å². The number of ketones is 1. The van der Waals surface area contributed by atoms with Crippen LogP contribution in [-0.4, -0.2) is 58.9 Å². The maximum absolute atomic E-state index is 12.6. The zero-order chi connectivity index (χ0) is 22.8. The van der Waals surface area contributed by atoms with Crippen LogP contribution >= 0.6 is 0 Å². The quantitative estimate of drug-likeness (QED) is 0.357. The normalized spacial score (nSPS) is 17.7. The molecule has 3 heterocycles. The van der Waals surface area contributed by atoms with Crippen molar-refractivity contribution >= 4 is 23.6 Å². The van der Waals surface area contributed by atoms with E-state index in [0.29, 0.717) is 23.2 Å². The van der Waals surface area contributed by atoms with Crippen LogP contribution in [-0.2, 0) is 20.8 Å². The van der Waals surface area contributed by atoms with E-state index in [0.717, 1.165) is 35.7 Å². The van der Waals surface area contributed by atoms with Gasteiger partial charge < -0.3 is 14.0 Å². The number of esters is 1. The molecule has 2 amide bonds. The molecule has 0 aliphatic carbocycles. The second-order valence-electron chi connectivity index (χ2n) is 8.17. The molecule has 2 aliphatic heterocycles. The third-order valence-corrected chi connectivity index (χ3v) is 6.07. The van der Waals surface area contributed by atoms with E-state index in [4.69, 9.17) is 9.47 Å². The largest absolute Gasteiger partial charge is 0.457 e. The summed E-state index contributed by atoms with van der Waals surface area (Å²) >= 11 is 0. The zero-order valence-corrected chi connectivity index (χ0v) is 18.3. The summed E-state index contributed by atoms with van der Waals surface area (Å²) in [5.74, 6) is -1.77. The molecule has 168 valence electrons. The van der Waals surface area contributed by atoms with Crippen LogP contribution in [0.5, 0.6) is 0 Å². The van der Waals surface area contributed by atoms with Gasteiger partial charge in [0.1, 0.15) is 0 Å². The van der Waals surface area contributed by atoms with E-state index < -0.39 is 17.8 Å². The van der Waals surface area contributed by atoms with Crippen LogP contribution in [0.2, 0.25) is 0 Å². The molecule has 2 aliphatic rings. The predicted octanol–water partition coefficient (Wildman–Crippen LogP) is 2.70. The standard InChI is InChI=1S/C24H26N2O6/c1-15-12-20(16(2)26(15)13-17-6-5-11-31-17)21(27)14-32-22(28)9-10-25-23(29)18-7-3-4-8-19(18)24(25)30/h3-4,7-8,12,17H,5-6,9-11,13-14H2,1-2H3. The summed E-state index contributed by atoms with van der Waals surface area (Å²) in [5, 5.41) is 0. The first-order valence-corrected chi connectivity index (χ1v) is 10.8. The second-order valence-corrected chi connectivity index (χ2v) is 8.17. The minimum Gasteiger partial charge on any atom is -0.457 e. The first kappa shape index (κ1) is 22.0. The van der Waals surface area contributed by atoms with Crippen LogP contribution in [0.4, 0.5) is 0 Å². The van der Waals surface area contributed by atoms with Crippen LogP contribution in [0, 0.1) is 13.8 Å². The molecule has 0 saturated carbocycles. The van der Waals surface area contributed by atoms with Crippen molar-refractivity contribution < 1.29 is 28.7 Å². The lowest BCUT2D eigenvalue weighted by atomic mass is 10.1. The van der Waals surface area contributed by atoms with E-state index in [9.17, 15) is 19.2 Å². The van der Waals surface area contributed by atoms with Crippen molar-refractivity contribution in [2.24, 2.45) is 0 Å². The van der Waals surface area contributed by atoms with Crippen molar-refractivity contribution in [3.8, 4) is 0 Å². The lowest BCUT2D eigenvalue weighted by Gasteiger charge is -2.15. The fraction of sp³-hybridized carbons (Fsp3) is 0.417. The van der Waals surface area contributed by atoms with Crippen molar-refractivity contribution in [1.29, 1.82) is 0 Å². The van der Waals surface area contributed by atoms with Gasteiger partial charge in [-0.05, 0) is 44.9 Å². The number of rotatable bonds is 8. The molecule has 0 spiro atoms. The average Bonchev–Trinajstić information content (AvgIpc) is 3.46. The Bertz CT molecular complexity index is 1050. The number of ether oxygens (including phenoxy) is 2. The van der Waals surface area contributed by atoms with Gasteiger partial charge in [0.05, 0.1) is 23.7 Å². The molecule has 1 aromatic heterocycles. The van der Waals surface area contributed by atoms with Gasteiger partial charge in [0, 0.05) is 36.6 Å². The number of nitrogens with zero attached hydrogens (tertiary/aromatic N) is 2. The fourth-order valence-electron chi connectivity index (χ4n) is 4.30. The molecule has 0 bridgehead atoms. The van der Waals surface area contributed by atoms with Crippen molar-refractivity contribution in [1.82, 2.24) is 9.47 Å². The van der Waals surface area contributed by atoms with E-state index in [-0.39, 0.29) is 31.5 Å². The highest BCUT2D eigenvalue weighted by Crippen LogP contribution is 2.23. The Kier molecular flexibility index (Phi) is 6.23. The Balaban J connectivity index is 1.30. The van der Waals surface area contributed by atoms with E-state index in [1.54, 1.807) is 30.3 Å². The van der Waals surface area contributed by atoms with Crippen LogP contribution < -0.4 is 0 Å². The summed E-state index contributed by atoms with van der Waals surface area (Å²) in [4.78, 5) is 50.6. The molecule has 8 nitrogen and oxygen atoms in total.